The molecule has 0 unspecified atom stereocenters. The van der Waals surface area contributed by atoms with Crippen molar-refractivity contribution in [1.29, 1.82) is 0 Å². The molecule has 0 heterocycles. The minimum Gasteiger partial charge on any atom is -0.465 e. The van der Waals surface area contributed by atoms with Gasteiger partial charge < -0.3 is 15.4 Å². The van der Waals surface area contributed by atoms with Crippen LogP contribution in [0.1, 0.15) is 10.4 Å². The normalized spacial score (nSPS) is 9.81. The Morgan fingerprint density at radius 2 is 1.38 bits per heavy atom. The van der Waals surface area contributed by atoms with Crippen LogP contribution in [0.4, 0.5) is 16.2 Å². The number of amides is 2. The summed E-state index contributed by atoms with van der Waals surface area (Å²) in [6.07, 6.45) is 0. The molecule has 5 nitrogen and oxygen atoms in total. The molecule has 0 aliphatic heterocycles. The molecule has 0 saturated heterocycles. The molecule has 108 valence electrons. The summed E-state index contributed by atoms with van der Waals surface area (Å²) in [5, 5.41) is 5.41. The first-order valence-corrected chi connectivity index (χ1v) is 7.18. The fourth-order valence-corrected chi connectivity index (χ4v) is 1.99. The maximum atomic E-state index is 11.8. The van der Waals surface area contributed by atoms with Crippen LogP contribution in [0.2, 0.25) is 0 Å². The summed E-state index contributed by atoms with van der Waals surface area (Å²) in [5.74, 6) is -0.412. The molecule has 2 rings (SSSR count). The molecule has 21 heavy (non-hydrogen) atoms. The molecule has 0 radical (unpaired) electrons. The van der Waals surface area contributed by atoms with E-state index in [2.05, 4.69) is 38.0 Å². The molecule has 0 spiro atoms. The van der Waals surface area contributed by atoms with Gasteiger partial charge in [0.25, 0.3) is 0 Å². The van der Waals surface area contributed by atoms with Crippen molar-refractivity contribution in [3.63, 3.8) is 0 Å². The number of methoxy groups -OCH3 is 1. The number of urea groups is 1. The van der Waals surface area contributed by atoms with E-state index in [1.807, 2.05) is 24.3 Å². The van der Waals surface area contributed by atoms with Crippen LogP contribution in [0.15, 0.2) is 48.5 Å². The van der Waals surface area contributed by atoms with Crippen molar-refractivity contribution in [2.45, 2.75) is 0 Å². The van der Waals surface area contributed by atoms with Crippen molar-refractivity contribution in [3.8, 4) is 0 Å². The number of hydrogen-bond donors (Lipinski definition) is 2. The highest BCUT2D eigenvalue weighted by Crippen LogP contribution is 2.13. The Kier molecular flexibility index (Phi) is 5.15. The van der Waals surface area contributed by atoms with Gasteiger partial charge in [-0.25, -0.2) is 9.59 Å². The first-order valence-electron chi connectivity index (χ1n) is 6.10. The summed E-state index contributed by atoms with van der Waals surface area (Å²) < 4.78 is 5.70. The van der Waals surface area contributed by atoms with Gasteiger partial charge in [0.2, 0.25) is 0 Å². The third-order valence-corrected chi connectivity index (χ3v) is 3.39. The van der Waals surface area contributed by atoms with Crippen molar-refractivity contribution in [2.24, 2.45) is 0 Å². The van der Waals surface area contributed by atoms with Gasteiger partial charge in [-0.15, -0.1) is 0 Å². The van der Waals surface area contributed by atoms with Crippen LogP contribution in [0.25, 0.3) is 0 Å². The first kappa shape index (κ1) is 15.3. The molecule has 2 N–H and O–H groups in total. The lowest BCUT2D eigenvalue weighted by Crippen LogP contribution is -2.19. The minimum absolute atomic E-state index is 0.345. The van der Waals surface area contributed by atoms with E-state index < -0.39 is 5.97 Å². The maximum Gasteiger partial charge on any atom is 0.337 e. The van der Waals surface area contributed by atoms with E-state index in [0.29, 0.717) is 16.9 Å². The Balaban J connectivity index is 1.96. The number of esters is 1. The molecular weight excluding hydrogens is 383 g/mol. The Hall–Kier alpha value is -2.09. The van der Waals surface area contributed by atoms with E-state index in [1.165, 1.54) is 7.11 Å². The first-order chi connectivity index (χ1) is 10.1. The molecule has 0 aliphatic carbocycles. The number of carbonyl (C=O) groups is 2. The molecule has 2 aromatic carbocycles. The van der Waals surface area contributed by atoms with Crippen molar-refractivity contribution in [3.05, 3.63) is 57.7 Å². The number of benzene rings is 2. The van der Waals surface area contributed by atoms with Gasteiger partial charge in [0.1, 0.15) is 0 Å². The lowest BCUT2D eigenvalue weighted by molar-refractivity contribution is 0.0601. The largest absolute Gasteiger partial charge is 0.465 e. The van der Waals surface area contributed by atoms with Gasteiger partial charge in [0.15, 0.2) is 0 Å². The van der Waals surface area contributed by atoms with Gasteiger partial charge in [-0.3, -0.25) is 0 Å². The van der Waals surface area contributed by atoms with Crippen LogP contribution >= 0.6 is 22.6 Å². The summed E-state index contributed by atoms with van der Waals surface area (Å²) >= 11 is 2.19. The summed E-state index contributed by atoms with van der Waals surface area (Å²) in [4.78, 5) is 23.1. The predicted octanol–water partition coefficient (Wildman–Crippen LogP) is 3.72. The Labute approximate surface area is 135 Å². The highest BCUT2D eigenvalue weighted by Gasteiger charge is 2.06. The number of rotatable bonds is 3. The monoisotopic (exact) mass is 396 g/mol. The quantitative estimate of drug-likeness (QED) is 0.614. The molecule has 0 aromatic heterocycles. The van der Waals surface area contributed by atoms with Crippen molar-refractivity contribution < 1.29 is 14.3 Å². The number of anilines is 2. The zero-order valence-corrected chi connectivity index (χ0v) is 13.4. The lowest BCUT2D eigenvalue weighted by atomic mass is 10.2. The van der Waals surface area contributed by atoms with Gasteiger partial charge in [0.05, 0.1) is 12.7 Å². The second-order valence-electron chi connectivity index (χ2n) is 4.15. The van der Waals surface area contributed by atoms with E-state index in [-0.39, 0.29) is 6.03 Å². The van der Waals surface area contributed by atoms with Crippen LogP contribution in [0.5, 0.6) is 0 Å². The predicted molar refractivity (Wildman–Crippen MR) is 89.6 cm³/mol. The number of halogens is 1. The van der Waals surface area contributed by atoms with Gasteiger partial charge in [0, 0.05) is 14.9 Å². The molecule has 0 bridgehead atoms. The van der Waals surface area contributed by atoms with Gasteiger partial charge in [-0.05, 0) is 71.1 Å². The van der Waals surface area contributed by atoms with E-state index >= 15 is 0 Å². The molecule has 0 atom stereocenters. The third kappa shape index (κ3) is 4.45. The molecule has 0 saturated carbocycles. The van der Waals surface area contributed by atoms with Crippen molar-refractivity contribution in [2.75, 3.05) is 17.7 Å². The fourth-order valence-electron chi connectivity index (χ4n) is 1.63. The van der Waals surface area contributed by atoms with Crippen molar-refractivity contribution >= 4 is 46.0 Å². The maximum absolute atomic E-state index is 11.8. The molecule has 2 amide bonds. The van der Waals surface area contributed by atoms with Crippen LogP contribution < -0.4 is 10.6 Å². The molecule has 2 aromatic rings. The van der Waals surface area contributed by atoms with E-state index in [4.69, 9.17) is 0 Å². The topological polar surface area (TPSA) is 67.4 Å². The van der Waals surface area contributed by atoms with Gasteiger partial charge in [-0.2, -0.15) is 0 Å². The third-order valence-electron chi connectivity index (χ3n) is 2.67. The molecular formula is C15H13IN2O3. The molecule has 0 fully saturated rings. The fraction of sp³-hybridized carbons (Fsp3) is 0.0667. The van der Waals surface area contributed by atoms with Crippen LogP contribution in [-0.2, 0) is 4.74 Å². The van der Waals surface area contributed by atoms with Crippen LogP contribution in [0.3, 0.4) is 0 Å². The highest BCUT2D eigenvalue weighted by atomic mass is 127. The van der Waals surface area contributed by atoms with E-state index in [9.17, 15) is 9.59 Å². The number of ether oxygens (including phenoxy) is 1. The molecule has 6 heteroatoms. The van der Waals surface area contributed by atoms with E-state index in [1.54, 1.807) is 24.3 Å². The van der Waals surface area contributed by atoms with Gasteiger partial charge in [-0.1, -0.05) is 0 Å². The summed E-state index contributed by atoms with van der Waals surface area (Å²) in [5.41, 5.74) is 1.73. The highest BCUT2D eigenvalue weighted by molar-refractivity contribution is 14.1. The number of carbonyl (C=O) groups excluding carboxylic acids is 2. The average Bonchev–Trinajstić information content (AvgIpc) is 2.49. The minimum atomic E-state index is -0.412. The van der Waals surface area contributed by atoms with Crippen LogP contribution in [-0.4, -0.2) is 19.1 Å². The summed E-state index contributed by atoms with van der Waals surface area (Å²) in [6, 6.07) is 13.6. The van der Waals surface area contributed by atoms with Gasteiger partial charge >= 0.3 is 12.0 Å². The Morgan fingerprint density at radius 3 is 1.86 bits per heavy atom. The zero-order valence-electron chi connectivity index (χ0n) is 11.2. The number of nitrogens with one attached hydrogen (secondary N) is 2. The van der Waals surface area contributed by atoms with Crippen molar-refractivity contribution in [1.82, 2.24) is 0 Å². The lowest BCUT2D eigenvalue weighted by Gasteiger charge is -2.08. The Bertz CT molecular complexity index is 639. The summed E-state index contributed by atoms with van der Waals surface area (Å²) in [7, 11) is 1.32. The standard InChI is InChI=1S/C15H13IN2O3/c1-21-14(19)10-2-6-12(7-3-10)17-15(20)18-13-8-4-11(16)5-9-13/h2-9H,1H3,(H2,17,18,20). The average molecular weight is 396 g/mol. The Morgan fingerprint density at radius 1 is 0.905 bits per heavy atom. The zero-order chi connectivity index (χ0) is 15.2. The smallest absolute Gasteiger partial charge is 0.337 e. The second kappa shape index (κ2) is 7.07. The van der Waals surface area contributed by atoms with Crippen LogP contribution in [0, 0.1) is 3.57 Å². The summed E-state index contributed by atoms with van der Waals surface area (Å²) in [6.45, 7) is 0. The SMILES string of the molecule is COC(=O)c1ccc(NC(=O)Nc2ccc(I)cc2)cc1. The number of hydrogen-bond acceptors (Lipinski definition) is 3. The second-order valence-corrected chi connectivity index (χ2v) is 5.40. The van der Waals surface area contributed by atoms with E-state index in [0.717, 1.165) is 3.57 Å². The molecule has 0 aliphatic rings.